The van der Waals surface area contributed by atoms with Gasteiger partial charge in [0.2, 0.25) is 5.91 Å². The van der Waals surface area contributed by atoms with Crippen molar-refractivity contribution in [2.75, 3.05) is 18.4 Å². The Bertz CT molecular complexity index is 1160. The van der Waals surface area contributed by atoms with E-state index in [4.69, 9.17) is 9.26 Å². The number of aromatic nitrogens is 2. The van der Waals surface area contributed by atoms with E-state index in [0.717, 1.165) is 33.4 Å². The second kappa shape index (κ2) is 8.26. The molecule has 1 saturated heterocycles. The Morgan fingerprint density at radius 2 is 1.97 bits per heavy atom. The van der Waals surface area contributed by atoms with Gasteiger partial charge in [-0.1, -0.05) is 17.3 Å². The van der Waals surface area contributed by atoms with Gasteiger partial charge in [0.25, 0.3) is 0 Å². The number of carbonyl (C=O) groups excluding carboxylic acids is 2. The van der Waals surface area contributed by atoms with Crippen molar-refractivity contribution in [3.8, 4) is 11.1 Å². The van der Waals surface area contributed by atoms with E-state index in [1.165, 1.54) is 0 Å². The van der Waals surface area contributed by atoms with Crippen molar-refractivity contribution >= 4 is 28.6 Å². The number of ether oxygens (including phenoxy) is 1. The molecule has 3 aromatic rings. The smallest absolute Gasteiger partial charge is 0.410 e. The van der Waals surface area contributed by atoms with E-state index >= 15 is 0 Å². The largest absolute Gasteiger partial charge is 0.444 e. The number of nitrogens with one attached hydrogen (secondary N) is 1. The summed E-state index contributed by atoms with van der Waals surface area (Å²) < 4.78 is 10.7. The fourth-order valence-electron chi connectivity index (χ4n) is 3.95. The van der Waals surface area contributed by atoms with E-state index in [0.29, 0.717) is 25.3 Å². The molecule has 0 unspecified atom stereocenters. The third-order valence-electron chi connectivity index (χ3n) is 5.51. The zero-order chi connectivity index (χ0) is 23.0. The molecule has 1 aliphatic rings. The molecule has 0 saturated carbocycles. The minimum atomic E-state index is -0.561. The number of pyridine rings is 1. The molecular formula is C24H28N4O4. The van der Waals surface area contributed by atoms with Crippen molar-refractivity contribution in [3.63, 3.8) is 0 Å². The Morgan fingerprint density at radius 3 is 2.66 bits per heavy atom. The molecule has 2 aromatic heterocycles. The van der Waals surface area contributed by atoms with Gasteiger partial charge in [0.1, 0.15) is 17.2 Å². The highest BCUT2D eigenvalue weighted by atomic mass is 16.6. The summed E-state index contributed by atoms with van der Waals surface area (Å²) in [5, 5.41) is 8.85. The van der Waals surface area contributed by atoms with Crippen LogP contribution < -0.4 is 5.32 Å². The van der Waals surface area contributed by atoms with Gasteiger partial charge in [0, 0.05) is 30.2 Å². The molecule has 8 nitrogen and oxygen atoms in total. The van der Waals surface area contributed by atoms with Crippen LogP contribution in [0.2, 0.25) is 0 Å². The topological polar surface area (TPSA) is 97.6 Å². The predicted octanol–water partition coefficient (Wildman–Crippen LogP) is 4.70. The van der Waals surface area contributed by atoms with Crippen molar-refractivity contribution < 1.29 is 18.8 Å². The van der Waals surface area contributed by atoms with E-state index in [-0.39, 0.29) is 17.9 Å². The van der Waals surface area contributed by atoms with Gasteiger partial charge in [-0.3, -0.25) is 4.79 Å². The number of likely N-dealkylation sites (tertiary alicyclic amines) is 1. The molecule has 1 fully saturated rings. The third kappa shape index (κ3) is 4.59. The highest BCUT2D eigenvalue weighted by molar-refractivity contribution is 5.95. The predicted molar refractivity (Wildman–Crippen MR) is 121 cm³/mol. The number of hydrogen-bond donors (Lipinski definition) is 1. The van der Waals surface area contributed by atoms with E-state index in [1.54, 1.807) is 11.1 Å². The van der Waals surface area contributed by atoms with E-state index < -0.39 is 5.60 Å². The van der Waals surface area contributed by atoms with Crippen LogP contribution in [0.1, 0.15) is 38.6 Å². The number of anilines is 1. The fourth-order valence-corrected chi connectivity index (χ4v) is 3.95. The first kappa shape index (κ1) is 21.8. The molecule has 3 heterocycles. The average molecular weight is 437 g/mol. The van der Waals surface area contributed by atoms with Crippen LogP contribution in [-0.4, -0.2) is 45.7 Å². The van der Waals surface area contributed by atoms with Crippen LogP contribution >= 0.6 is 0 Å². The molecular weight excluding hydrogens is 408 g/mol. The van der Waals surface area contributed by atoms with Crippen LogP contribution in [0.15, 0.2) is 35.0 Å². The first-order valence-corrected chi connectivity index (χ1v) is 10.7. The summed E-state index contributed by atoms with van der Waals surface area (Å²) in [7, 11) is 0. The lowest BCUT2D eigenvalue weighted by molar-refractivity contribution is -0.119. The number of benzene rings is 1. The second-order valence-electron chi connectivity index (χ2n) is 9.23. The molecule has 8 heteroatoms. The standard InChI is InChI=1S/C24H28N4O4/c1-14-21(15(2)32-27-14)16-6-7-17-12-25-20(11-19(17)10-16)26-22(29)18-8-9-28(13-18)23(30)31-24(3,4)5/h6-7,10-12,18H,8-9,13H2,1-5H3,(H,25,26,29)/t18-/m0/s1. The van der Waals surface area contributed by atoms with Gasteiger partial charge in [-0.05, 0) is 64.1 Å². The number of rotatable bonds is 3. The lowest BCUT2D eigenvalue weighted by Gasteiger charge is -2.24. The van der Waals surface area contributed by atoms with Gasteiger partial charge in [-0.2, -0.15) is 0 Å². The minimum absolute atomic E-state index is 0.148. The zero-order valence-corrected chi connectivity index (χ0v) is 19.1. The van der Waals surface area contributed by atoms with Gasteiger partial charge in [-0.15, -0.1) is 0 Å². The Kier molecular flexibility index (Phi) is 5.62. The highest BCUT2D eigenvalue weighted by Gasteiger charge is 2.33. The summed E-state index contributed by atoms with van der Waals surface area (Å²) >= 11 is 0. The van der Waals surface area contributed by atoms with Gasteiger partial charge in [-0.25, -0.2) is 9.78 Å². The Balaban J connectivity index is 1.47. The van der Waals surface area contributed by atoms with Crippen molar-refractivity contribution in [3.05, 3.63) is 41.9 Å². The lowest BCUT2D eigenvalue weighted by atomic mass is 10.0. The summed E-state index contributed by atoms with van der Waals surface area (Å²) in [5.41, 5.74) is 2.25. The number of carbonyl (C=O) groups is 2. The number of amides is 2. The monoisotopic (exact) mass is 436 g/mol. The van der Waals surface area contributed by atoms with Crippen LogP contribution in [-0.2, 0) is 9.53 Å². The van der Waals surface area contributed by atoms with E-state index in [9.17, 15) is 9.59 Å². The number of fused-ring (bicyclic) bond motifs is 1. The zero-order valence-electron chi connectivity index (χ0n) is 19.1. The molecule has 0 bridgehead atoms. The summed E-state index contributed by atoms with van der Waals surface area (Å²) in [6, 6.07) is 7.90. The van der Waals surface area contributed by atoms with Crippen LogP contribution in [0.5, 0.6) is 0 Å². The molecule has 0 radical (unpaired) electrons. The summed E-state index contributed by atoms with van der Waals surface area (Å²) in [6.45, 7) is 10.1. The van der Waals surface area contributed by atoms with Gasteiger partial charge < -0.3 is 19.5 Å². The quantitative estimate of drug-likeness (QED) is 0.639. The maximum Gasteiger partial charge on any atom is 0.410 e. The number of nitrogens with zero attached hydrogens (tertiary/aromatic N) is 3. The first-order valence-electron chi connectivity index (χ1n) is 10.7. The van der Waals surface area contributed by atoms with Crippen molar-refractivity contribution in [1.29, 1.82) is 0 Å². The Labute approximate surface area is 186 Å². The Morgan fingerprint density at radius 1 is 1.19 bits per heavy atom. The average Bonchev–Trinajstić information content (AvgIpc) is 3.33. The maximum absolute atomic E-state index is 12.8. The second-order valence-corrected chi connectivity index (χ2v) is 9.23. The van der Waals surface area contributed by atoms with Gasteiger partial charge >= 0.3 is 6.09 Å². The molecule has 0 aliphatic carbocycles. The summed E-state index contributed by atoms with van der Waals surface area (Å²) in [4.78, 5) is 31.0. The van der Waals surface area contributed by atoms with Gasteiger partial charge in [0.15, 0.2) is 0 Å². The van der Waals surface area contributed by atoms with E-state index in [1.807, 2.05) is 58.9 Å². The third-order valence-corrected chi connectivity index (χ3v) is 5.51. The number of aryl methyl sites for hydroxylation is 2. The summed E-state index contributed by atoms with van der Waals surface area (Å²) in [5.74, 6) is 0.799. The summed E-state index contributed by atoms with van der Waals surface area (Å²) in [6.07, 6.45) is 1.95. The highest BCUT2D eigenvalue weighted by Crippen LogP contribution is 2.30. The van der Waals surface area contributed by atoms with Crippen molar-refractivity contribution in [1.82, 2.24) is 15.0 Å². The minimum Gasteiger partial charge on any atom is -0.444 e. The molecule has 1 aromatic carbocycles. The Hall–Kier alpha value is -3.42. The SMILES string of the molecule is Cc1noc(C)c1-c1ccc2cnc(NC(=O)[C@H]3CCN(C(=O)OC(C)(C)C)C3)cc2c1. The van der Waals surface area contributed by atoms with Crippen LogP contribution in [0, 0.1) is 19.8 Å². The molecule has 4 rings (SSSR count). The van der Waals surface area contributed by atoms with Crippen molar-refractivity contribution in [2.24, 2.45) is 5.92 Å². The van der Waals surface area contributed by atoms with Gasteiger partial charge in [0.05, 0.1) is 11.6 Å². The molecule has 1 N–H and O–H groups in total. The van der Waals surface area contributed by atoms with Crippen LogP contribution in [0.3, 0.4) is 0 Å². The lowest BCUT2D eigenvalue weighted by Crippen LogP contribution is -2.36. The molecule has 2 amide bonds. The fraction of sp³-hybridized carbons (Fsp3) is 0.417. The molecule has 32 heavy (non-hydrogen) atoms. The van der Waals surface area contributed by atoms with Crippen LogP contribution in [0.25, 0.3) is 21.9 Å². The number of hydrogen-bond acceptors (Lipinski definition) is 6. The first-order chi connectivity index (χ1) is 15.1. The molecule has 1 aliphatic heterocycles. The molecule has 168 valence electrons. The van der Waals surface area contributed by atoms with Crippen LogP contribution in [0.4, 0.5) is 10.6 Å². The van der Waals surface area contributed by atoms with Crippen molar-refractivity contribution in [2.45, 2.75) is 46.6 Å². The molecule has 1 atom stereocenters. The van der Waals surface area contributed by atoms with E-state index in [2.05, 4.69) is 15.5 Å². The molecule has 0 spiro atoms. The maximum atomic E-state index is 12.8. The normalized spacial score (nSPS) is 16.4.